The molecular weight excluding hydrogens is 214 g/mol. The number of hydrogen-bond donors (Lipinski definition) is 1. The van der Waals surface area contributed by atoms with E-state index in [1.54, 1.807) is 7.11 Å². The van der Waals surface area contributed by atoms with Crippen LogP contribution in [0, 0.1) is 0 Å². The third-order valence-corrected chi connectivity index (χ3v) is 2.12. The molecule has 0 radical (unpaired) electrons. The van der Waals surface area contributed by atoms with E-state index in [2.05, 4.69) is 5.32 Å². The van der Waals surface area contributed by atoms with Crippen LogP contribution in [-0.2, 0) is 9.53 Å². The summed E-state index contributed by atoms with van der Waals surface area (Å²) in [5.74, 6) is 0.901. The maximum absolute atomic E-state index is 11.3. The number of carbonyl (C=O) groups excluding carboxylic acids is 1. The summed E-state index contributed by atoms with van der Waals surface area (Å²) >= 11 is 0. The van der Waals surface area contributed by atoms with Crippen molar-refractivity contribution in [2.45, 2.75) is 40.5 Å². The van der Waals surface area contributed by atoms with Crippen LogP contribution >= 0.6 is 0 Å². The Bertz CT molecular complexity index is 334. The van der Waals surface area contributed by atoms with Crippen LogP contribution < -0.4 is 5.32 Å². The minimum Gasteiger partial charge on any atom is -0.497 e. The van der Waals surface area contributed by atoms with Crippen molar-refractivity contribution in [1.29, 1.82) is 0 Å². The van der Waals surface area contributed by atoms with Gasteiger partial charge in [0.1, 0.15) is 5.76 Å². The van der Waals surface area contributed by atoms with Gasteiger partial charge in [0.05, 0.1) is 7.11 Å². The molecule has 3 nitrogen and oxygen atoms in total. The van der Waals surface area contributed by atoms with Crippen LogP contribution in [0.15, 0.2) is 35.3 Å². The van der Waals surface area contributed by atoms with E-state index in [0.717, 1.165) is 23.5 Å². The smallest absolute Gasteiger partial charge is 0.224 e. The van der Waals surface area contributed by atoms with Crippen molar-refractivity contribution in [2.24, 2.45) is 0 Å². The van der Waals surface area contributed by atoms with E-state index < -0.39 is 0 Å². The van der Waals surface area contributed by atoms with Gasteiger partial charge in [0, 0.05) is 12.1 Å². The fraction of sp³-hybridized carbons (Fsp3) is 0.500. The van der Waals surface area contributed by atoms with E-state index in [4.69, 9.17) is 4.74 Å². The quantitative estimate of drug-likeness (QED) is 0.568. The molecule has 0 aliphatic heterocycles. The lowest BCUT2D eigenvalue weighted by Crippen LogP contribution is -2.20. The molecule has 0 spiro atoms. The first-order valence-electron chi connectivity index (χ1n) is 5.87. The highest BCUT2D eigenvalue weighted by Crippen LogP contribution is 2.05. The van der Waals surface area contributed by atoms with Gasteiger partial charge in [-0.25, -0.2) is 0 Å². The zero-order valence-corrected chi connectivity index (χ0v) is 11.5. The molecule has 0 saturated heterocycles. The topological polar surface area (TPSA) is 38.3 Å². The molecule has 0 heterocycles. The Balaban J connectivity index is 4.37. The van der Waals surface area contributed by atoms with Crippen molar-refractivity contribution in [3.05, 3.63) is 35.3 Å². The van der Waals surface area contributed by atoms with Crippen LogP contribution in [0.3, 0.4) is 0 Å². The van der Waals surface area contributed by atoms with Gasteiger partial charge in [-0.15, -0.1) is 0 Å². The molecule has 0 aliphatic carbocycles. The van der Waals surface area contributed by atoms with Crippen LogP contribution in [0.1, 0.15) is 40.5 Å². The predicted octanol–water partition coefficient (Wildman–Crippen LogP) is 3.30. The van der Waals surface area contributed by atoms with Crippen molar-refractivity contribution >= 4 is 5.91 Å². The molecule has 1 N–H and O–H groups in total. The van der Waals surface area contributed by atoms with Gasteiger partial charge in [-0.2, -0.15) is 0 Å². The average Bonchev–Trinajstić information content (AvgIpc) is 2.24. The van der Waals surface area contributed by atoms with Gasteiger partial charge in [0.25, 0.3) is 0 Å². The fourth-order valence-electron chi connectivity index (χ4n) is 1.27. The molecule has 0 aromatic rings. The highest BCUT2D eigenvalue weighted by molar-refractivity contribution is 5.77. The molecule has 0 aliphatic rings. The number of carbonyl (C=O) groups is 1. The molecule has 0 atom stereocenters. The fourth-order valence-corrected chi connectivity index (χ4v) is 1.27. The monoisotopic (exact) mass is 237 g/mol. The second-order valence-electron chi connectivity index (χ2n) is 4.08. The Hall–Kier alpha value is -1.51. The van der Waals surface area contributed by atoms with Crippen LogP contribution in [-0.4, -0.2) is 13.0 Å². The molecule has 3 heteroatoms. The van der Waals surface area contributed by atoms with E-state index in [1.807, 2.05) is 45.9 Å². The summed E-state index contributed by atoms with van der Waals surface area (Å²) in [7, 11) is 1.65. The van der Waals surface area contributed by atoms with Crippen molar-refractivity contribution < 1.29 is 9.53 Å². The number of hydrogen-bond acceptors (Lipinski definition) is 2. The standard InChI is InChI=1S/C14H23NO2/c1-6-8-14(16)15-12(4)9-7-10-13(17-5)11(2)3/h7,9-10H,6,8H2,1-5H3,(H,15,16)/b10-7-,12-9+. The Morgan fingerprint density at radius 3 is 2.41 bits per heavy atom. The van der Waals surface area contributed by atoms with Crippen LogP contribution in [0.25, 0.3) is 0 Å². The number of methoxy groups -OCH3 is 1. The van der Waals surface area contributed by atoms with E-state index in [9.17, 15) is 4.79 Å². The molecule has 1 amide bonds. The highest BCUT2D eigenvalue weighted by atomic mass is 16.5. The minimum atomic E-state index is 0.0591. The summed E-state index contributed by atoms with van der Waals surface area (Å²) < 4.78 is 5.19. The number of ether oxygens (including phenoxy) is 1. The van der Waals surface area contributed by atoms with E-state index in [-0.39, 0.29) is 5.91 Å². The van der Waals surface area contributed by atoms with Crippen LogP contribution in [0.2, 0.25) is 0 Å². The number of nitrogens with one attached hydrogen (secondary N) is 1. The van der Waals surface area contributed by atoms with Crippen LogP contribution in [0.4, 0.5) is 0 Å². The molecule has 0 rings (SSSR count). The maximum atomic E-state index is 11.3. The summed E-state index contributed by atoms with van der Waals surface area (Å²) in [6.45, 7) is 7.83. The Morgan fingerprint density at radius 1 is 1.29 bits per heavy atom. The van der Waals surface area contributed by atoms with Gasteiger partial charge in [-0.3, -0.25) is 4.79 Å². The normalized spacial score (nSPS) is 11.5. The molecule has 0 unspecified atom stereocenters. The third-order valence-electron chi connectivity index (χ3n) is 2.12. The lowest BCUT2D eigenvalue weighted by Gasteiger charge is -2.03. The minimum absolute atomic E-state index is 0.0591. The summed E-state index contributed by atoms with van der Waals surface area (Å²) in [6, 6.07) is 0. The van der Waals surface area contributed by atoms with Crippen LogP contribution in [0.5, 0.6) is 0 Å². The van der Waals surface area contributed by atoms with Gasteiger partial charge in [0.15, 0.2) is 0 Å². The predicted molar refractivity (Wildman–Crippen MR) is 71.3 cm³/mol. The lowest BCUT2D eigenvalue weighted by molar-refractivity contribution is -0.120. The Kier molecular flexibility index (Phi) is 7.85. The van der Waals surface area contributed by atoms with Crippen molar-refractivity contribution in [2.75, 3.05) is 7.11 Å². The Labute approximate surface area is 104 Å². The largest absolute Gasteiger partial charge is 0.497 e. The highest BCUT2D eigenvalue weighted by Gasteiger charge is 1.97. The van der Waals surface area contributed by atoms with Gasteiger partial charge in [-0.05, 0) is 44.9 Å². The van der Waals surface area contributed by atoms with E-state index in [0.29, 0.717) is 6.42 Å². The van der Waals surface area contributed by atoms with Gasteiger partial charge >= 0.3 is 0 Å². The summed E-state index contributed by atoms with van der Waals surface area (Å²) in [5, 5.41) is 2.82. The molecule has 0 bridgehead atoms. The molecule has 0 fully saturated rings. The zero-order valence-electron chi connectivity index (χ0n) is 11.5. The van der Waals surface area contributed by atoms with Crippen molar-refractivity contribution in [1.82, 2.24) is 5.32 Å². The number of allylic oxidation sites excluding steroid dienone is 5. The molecule has 0 saturated carbocycles. The molecule has 96 valence electrons. The van der Waals surface area contributed by atoms with Gasteiger partial charge in [-0.1, -0.05) is 13.0 Å². The second-order valence-corrected chi connectivity index (χ2v) is 4.08. The van der Waals surface area contributed by atoms with E-state index >= 15 is 0 Å². The maximum Gasteiger partial charge on any atom is 0.224 e. The first-order valence-corrected chi connectivity index (χ1v) is 5.87. The summed E-state index contributed by atoms with van der Waals surface area (Å²) in [4.78, 5) is 11.3. The number of rotatable bonds is 6. The van der Waals surface area contributed by atoms with Gasteiger partial charge in [0.2, 0.25) is 5.91 Å². The first kappa shape index (κ1) is 15.5. The summed E-state index contributed by atoms with van der Waals surface area (Å²) in [5.41, 5.74) is 1.95. The second kappa shape index (κ2) is 8.62. The molecule has 0 aromatic heterocycles. The number of amides is 1. The third kappa shape index (κ3) is 7.39. The molecule has 17 heavy (non-hydrogen) atoms. The summed E-state index contributed by atoms with van der Waals surface area (Å²) in [6.07, 6.45) is 7.03. The van der Waals surface area contributed by atoms with Crippen molar-refractivity contribution in [3.63, 3.8) is 0 Å². The molecular formula is C14H23NO2. The SMILES string of the molecule is CCCC(=O)N/C(C)=C/C=C\C(OC)=C(C)C. The van der Waals surface area contributed by atoms with Crippen molar-refractivity contribution in [3.8, 4) is 0 Å². The molecule has 0 aromatic carbocycles. The first-order chi connectivity index (χ1) is 8.01. The van der Waals surface area contributed by atoms with Gasteiger partial charge < -0.3 is 10.1 Å². The average molecular weight is 237 g/mol. The Morgan fingerprint density at radius 2 is 1.94 bits per heavy atom. The zero-order chi connectivity index (χ0) is 13.3. The van der Waals surface area contributed by atoms with E-state index in [1.165, 1.54) is 0 Å². The lowest BCUT2D eigenvalue weighted by atomic mass is 10.2.